The van der Waals surface area contributed by atoms with Crippen LogP contribution in [0.25, 0.3) is 6.08 Å². The van der Waals surface area contributed by atoms with Crippen LogP contribution in [0, 0.1) is 0 Å². The van der Waals surface area contributed by atoms with Gasteiger partial charge in [-0.25, -0.2) is 0 Å². The number of ether oxygens (including phenoxy) is 1. The van der Waals surface area contributed by atoms with Crippen molar-refractivity contribution in [1.82, 2.24) is 0 Å². The molecule has 0 heterocycles. The second-order valence-electron chi connectivity index (χ2n) is 5.94. The first-order valence-corrected chi connectivity index (χ1v) is 11.0. The van der Waals surface area contributed by atoms with Crippen LogP contribution in [0.15, 0.2) is 66.7 Å². The Balaban J connectivity index is 1.51. The molecule has 2 aromatic rings. The molecule has 1 aliphatic rings. The molecule has 0 saturated heterocycles. The van der Waals surface area contributed by atoms with Gasteiger partial charge in [-0.05, 0) is 0 Å². The van der Waals surface area contributed by atoms with E-state index in [0.717, 1.165) is 10.6 Å². The molecule has 0 aliphatic heterocycles. The van der Waals surface area contributed by atoms with Crippen LogP contribution in [0.1, 0.15) is 31.2 Å². The maximum absolute atomic E-state index is 6.24. The zero-order chi connectivity index (χ0) is 15.7. The van der Waals surface area contributed by atoms with Crippen molar-refractivity contribution >= 4 is 30.6 Å². The molecule has 2 atom stereocenters. The standard InChI is InChI=1S/C21H24OTe/c1-3-10-18(11-4-1)12-9-17-22-20-15-7-8-16-21(20)23-19-13-5-2-6-14-19/h1-6,9-14,20-21H,7-8,15-17H2/b12-9+/t20-,21-/m1/s1. The summed E-state index contributed by atoms with van der Waals surface area (Å²) in [6.45, 7) is 0.734. The monoisotopic (exact) mass is 422 g/mol. The van der Waals surface area contributed by atoms with Crippen molar-refractivity contribution < 1.29 is 4.74 Å². The zero-order valence-corrected chi connectivity index (χ0v) is 15.8. The molecule has 2 aromatic carbocycles. The van der Waals surface area contributed by atoms with Gasteiger partial charge in [-0.3, -0.25) is 0 Å². The molecular weight excluding hydrogens is 396 g/mol. The van der Waals surface area contributed by atoms with Crippen LogP contribution in [0.2, 0.25) is 3.97 Å². The first kappa shape index (κ1) is 16.8. The SMILES string of the molecule is C(=C\c1ccccc1)/CO[C@@H]1CCCC[C@H]1[Te]c1ccccc1. The third kappa shape index (κ3) is 5.50. The van der Waals surface area contributed by atoms with Gasteiger partial charge in [0.1, 0.15) is 0 Å². The van der Waals surface area contributed by atoms with Crippen molar-refractivity contribution in [3.05, 3.63) is 72.3 Å². The first-order chi connectivity index (χ1) is 11.4. The van der Waals surface area contributed by atoms with Gasteiger partial charge in [-0.15, -0.1) is 0 Å². The number of benzene rings is 2. The van der Waals surface area contributed by atoms with E-state index >= 15 is 0 Å². The molecule has 0 spiro atoms. The minimum absolute atomic E-state index is 0.150. The zero-order valence-electron chi connectivity index (χ0n) is 13.4. The van der Waals surface area contributed by atoms with Gasteiger partial charge in [0.05, 0.1) is 0 Å². The van der Waals surface area contributed by atoms with Crippen molar-refractivity contribution in [3.63, 3.8) is 0 Å². The van der Waals surface area contributed by atoms with E-state index in [2.05, 4.69) is 66.7 Å². The summed E-state index contributed by atoms with van der Waals surface area (Å²) in [5.74, 6) is 0. The normalized spacial score (nSPS) is 21.6. The van der Waals surface area contributed by atoms with Crippen LogP contribution in [-0.2, 0) is 4.74 Å². The second kappa shape index (κ2) is 9.28. The molecule has 0 amide bonds. The van der Waals surface area contributed by atoms with Gasteiger partial charge in [-0.2, -0.15) is 0 Å². The molecular formula is C21H24OTe. The van der Waals surface area contributed by atoms with Crippen LogP contribution in [0.4, 0.5) is 0 Å². The minimum atomic E-state index is -0.150. The van der Waals surface area contributed by atoms with Crippen molar-refractivity contribution in [2.75, 3.05) is 6.61 Å². The van der Waals surface area contributed by atoms with Gasteiger partial charge in [0.15, 0.2) is 0 Å². The summed E-state index contributed by atoms with van der Waals surface area (Å²) >= 11 is -0.150. The molecule has 0 bridgehead atoms. The number of hydrogen-bond donors (Lipinski definition) is 0. The summed E-state index contributed by atoms with van der Waals surface area (Å²) < 4.78 is 8.60. The Kier molecular flexibility index (Phi) is 6.77. The van der Waals surface area contributed by atoms with Gasteiger partial charge in [0, 0.05) is 0 Å². The molecule has 0 N–H and O–H groups in total. The van der Waals surface area contributed by atoms with E-state index in [1.807, 2.05) is 6.07 Å². The Hall–Kier alpha value is -1.07. The molecule has 3 rings (SSSR count). The van der Waals surface area contributed by atoms with E-state index in [-0.39, 0.29) is 20.9 Å². The van der Waals surface area contributed by atoms with Crippen molar-refractivity contribution in [2.24, 2.45) is 0 Å². The van der Waals surface area contributed by atoms with Crippen LogP contribution in [0.3, 0.4) is 0 Å². The third-order valence-electron chi connectivity index (χ3n) is 4.19. The number of hydrogen-bond acceptors (Lipinski definition) is 1. The summed E-state index contributed by atoms with van der Waals surface area (Å²) in [4.78, 5) is 0. The number of rotatable bonds is 6. The van der Waals surface area contributed by atoms with Gasteiger partial charge in [0.25, 0.3) is 0 Å². The molecule has 1 nitrogen and oxygen atoms in total. The van der Waals surface area contributed by atoms with E-state index < -0.39 is 0 Å². The van der Waals surface area contributed by atoms with E-state index in [1.165, 1.54) is 31.2 Å². The second-order valence-corrected chi connectivity index (χ2v) is 9.68. The fourth-order valence-corrected chi connectivity index (χ4v) is 6.74. The van der Waals surface area contributed by atoms with Crippen LogP contribution in [0.5, 0.6) is 0 Å². The Morgan fingerprint density at radius 1 is 0.913 bits per heavy atom. The fraction of sp³-hybridized carbons (Fsp3) is 0.333. The maximum atomic E-state index is 6.24. The van der Waals surface area contributed by atoms with Crippen LogP contribution in [-0.4, -0.2) is 33.6 Å². The van der Waals surface area contributed by atoms with E-state index in [4.69, 9.17) is 4.74 Å². The Morgan fingerprint density at radius 3 is 2.39 bits per heavy atom. The summed E-state index contributed by atoms with van der Waals surface area (Å²) in [6.07, 6.45) is 10.1. The average Bonchev–Trinajstić information content (AvgIpc) is 2.62. The van der Waals surface area contributed by atoms with Crippen molar-refractivity contribution in [3.8, 4) is 0 Å². The van der Waals surface area contributed by atoms with Gasteiger partial charge >= 0.3 is 150 Å². The average molecular weight is 420 g/mol. The van der Waals surface area contributed by atoms with Crippen LogP contribution < -0.4 is 3.61 Å². The Bertz CT molecular complexity index is 594. The molecule has 1 aliphatic carbocycles. The fourth-order valence-electron chi connectivity index (χ4n) is 2.99. The predicted octanol–water partition coefficient (Wildman–Crippen LogP) is 4.48. The molecule has 1 fully saturated rings. The van der Waals surface area contributed by atoms with Gasteiger partial charge in [0.2, 0.25) is 0 Å². The van der Waals surface area contributed by atoms with Crippen LogP contribution >= 0.6 is 0 Å². The molecule has 120 valence electrons. The summed E-state index contributed by atoms with van der Waals surface area (Å²) in [5.41, 5.74) is 1.24. The molecule has 1 saturated carbocycles. The van der Waals surface area contributed by atoms with E-state index in [1.54, 1.807) is 3.61 Å². The molecule has 0 aromatic heterocycles. The van der Waals surface area contributed by atoms with Crippen molar-refractivity contribution in [2.45, 2.75) is 35.8 Å². The topological polar surface area (TPSA) is 9.23 Å². The summed E-state index contributed by atoms with van der Waals surface area (Å²) in [5, 5.41) is 0. The predicted molar refractivity (Wildman–Crippen MR) is 99.3 cm³/mol. The Morgan fingerprint density at radius 2 is 1.61 bits per heavy atom. The van der Waals surface area contributed by atoms with Crippen molar-refractivity contribution in [1.29, 1.82) is 0 Å². The molecule has 2 heteroatoms. The summed E-state index contributed by atoms with van der Waals surface area (Å²) in [6, 6.07) is 21.5. The van der Waals surface area contributed by atoms with Gasteiger partial charge in [-0.1, -0.05) is 0 Å². The first-order valence-electron chi connectivity index (χ1n) is 8.47. The quantitative estimate of drug-likeness (QED) is 0.627. The Labute approximate surface area is 149 Å². The van der Waals surface area contributed by atoms with Gasteiger partial charge < -0.3 is 0 Å². The molecule has 0 unspecified atom stereocenters. The molecule has 0 radical (unpaired) electrons. The summed E-state index contributed by atoms with van der Waals surface area (Å²) in [7, 11) is 0. The van der Waals surface area contributed by atoms with E-state index in [0.29, 0.717) is 6.10 Å². The molecule has 23 heavy (non-hydrogen) atoms. The third-order valence-corrected chi connectivity index (χ3v) is 8.15. The van der Waals surface area contributed by atoms with E-state index in [9.17, 15) is 0 Å².